The maximum Gasteiger partial charge on any atom is 0.253 e. The number of ketones is 1. The molecule has 1 fully saturated rings. The number of allylic oxidation sites excluding steroid dienone is 1. The summed E-state index contributed by atoms with van der Waals surface area (Å²) < 4.78 is 0. The second-order valence-corrected chi connectivity index (χ2v) is 9.29. The van der Waals surface area contributed by atoms with E-state index in [1.807, 2.05) is 37.3 Å². The van der Waals surface area contributed by atoms with E-state index in [0.717, 1.165) is 43.2 Å². The second kappa shape index (κ2) is 7.41. The van der Waals surface area contributed by atoms with Crippen LogP contribution in [0.4, 0.5) is 0 Å². The molecular formula is C26H27NO4. The summed E-state index contributed by atoms with van der Waals surface area (Å²) in [7, 11) is 0. The lowest BCUT2D eigenvalue weighted by Crippen LogP contribution is -2.56. The van der Waals surface area contributed by atoms with E-state index in [0.29, 0.717) is 11.1 Å². The van der Waals surface area contributed by atoms with Crippen molar-refractivity contribution in [2.24, 2.45) is 17.8 Å². The first kappa shape index (κ1) is 20.1. The van der Waals surface area contributed by atoms with Crippen molar-refractivity contribution in [1.29, 1.82) is 0 Å². The van der Waals surface area contributed by atoms with Gasteiger partial charge in [-0.2, -0.15) is 0 Å². The molecule has 2 aromatic carbocycles. The molecule has 0 saturated heterocycles. The molecule has 4 atom stereocenters. The molecule has 0 bridgehead atoms. The van der Waals surface area contributed by atoms with Crippen LogP contribution in [-0.2, 0) is 5.60 Å². The summed E-state index contributed by atoms with van der Waals surface area (Å²) in [6.45, 7) is 2.01. The molecule has 0 spiro atoms. The minimum atomic E-state index is -1.91. The fraction of sp³-hybridized carbons (Fsp3) is 0.423. The molecule has 0 amide bonds. The molecule has 1 saturated carbocycles. The van der Waals surface area contributed by atoms with Crippen molar-refractivity contribution in [3.05, 3.63) is 87.0 Å². The predicted molar refractivity (Wildman–Crippen MR) is 118 cm³/mol. The Balaban J connectivity index is 1.82. The van der Waals surface area contributed by atoms with Gasteiger partial charge in [0.05, 0.1) is 0 Å². The Morgan fingerprint density at radius 3 is 2.32 bits per heavy atom. The van der Waals surface area contributed by atoms with Crippen LogP contribution in [0.25, 0.3) is 5.57 Å². The quantitative estimate of drug-likeness (QED) is 0.562. The summed E-state index contributed by atoms with van der Waals surface area (Å²) >= 11 is 0. The topological polar surface area (TPSA) is 80.4 Å². The Kier molecular flexibility index (Phi) is 4.82. The van der Waals surface area contributed by atoms with Gasteiger partial charge < -0.3 is 5.11 Å². The highest BCUT2D eigenvalue weighted by atomic mass is 16.6. The fourth-order valence-corrected chi connectivity index (χ4v) is 6.57. The number of benzene rings is 2. The summed E-state index contributed by atoms with van der Waals surface area (Å²) in [5, 5.41) is 24.8. The third-order valence-electron chi connectivity index (χ3n) is 7.79. The molecule has 0 aliphatic heterocycles. The molecule has 5 heteroatoms. The molecule has 0 radical (unpaired) electrons. The first-order chi connectivity index (χ1) is 15.0. The predicted octanol–water partition coefficient (Wildman–Crippen LogP) is 5.02. The normalized spacial score (nSPS) is 30.8. The lowest BCUT2D eigenvalue weighted by atomic mass is 9.58. The monoisotopic (exact) mass is 417 g/mol. The van der Waals surface area contributed by atoms with E-state index in [-0.39, 0.29) is 34.0 Å². The van der Waals surface area contributed by atoms with Crippen LogP contribution in [0.5, 0.6) is 0 Å². The summed E-state index contributed by atoms with van der Waals surface area (Å²) in [5.74, 6) is -0.656. The van der Waals surface area contributed by atoms with Crippen molar-refractivity contribution >= 4 is 11.4 Å². The van der Waals surface area contributed by atoms with E-state index in [9.17, 15) is 20.0 Å². The van der Waals surface area contributed by atoms with Crippen molar-refractivity contribution in [3.63, 3.8) is 0 Å². The van der Waals surface area contributed by atoms with E-state index < -0.39 is 11.6 Å². The number of carbonyl (C=O) groups is 1. The van der Waals surface area contributed by atoms with Crippen LogP contribution in [-0.4, -0.2) is 21.9 Å². The minimum absolute atomic E-state index is 0.159. The Morgan fingerprint density at radius 1 is 1.00 bits per heavy atom. The van der Waals surface area contributed by atoms with E-state index in [1.165, 1.54) is 0 Å². The molecule has 160 valence electrons. The molecule has 3 aliphatic rings. The zero-order chi connectivity index (χ0) is 21.8. The molecule has 0 unspecified atom stereocenters. The molecular weight excluding hydrogens is 390 g/mol. The Morgan fingerprint density at radius 2 is 1.65 bits per heavy atom. The molecule has 5 nitrogen and oxygen atoms in total. The second-order valence-electron chi connectivity index (χ2n) is 9.29. The average molecular weight is 418 g/mol. The average Bonchev–Trinajstić information content (AvgIpc) is 3.02. The SMILES string of the molecule is C[C@@H]1C(c2ccccc2)=C2C(=O)c3ccccc3[C@@]2(O)[C@H]([N+](=O)[O-])[C@H]1C1CCCCC1. The highest BCUT2D eigenvalue weighted by Gasteiger charge is 2.66. The van der Waals surface area contributed by atoms with Crippen LogP contribution >= 0.6 is 0 Å². The number of carbonyl (C=O) groups excluding carboxylic acids is 1. The highest BCUT2D eigenvalue weighted by molar-refractivity contribution is 6.19. The number of fused-ring (bicyclic) bond motifs is 3. The van der Waals surface area contributed by atoms with Crippen molar-refractivity contribution in [1.82, 2.24) is 0 Å². The highest BCUT2D eigenvalue weighted by Crippen LogP contribution is 2.58. The van der Waals surface area contributed by atoms with Gasteiger partial charge in [-0.3, -0.25) is 14.9 Å². The Labute approximate surface area is 181 Å². The van der Waals surface area contributed by atoms with Gasteiger partial charge in [-0.1, -0.05) is 80.8 Å². The van der Waals surface area contributed by atoms with E-state index in [1.54, 1.807) is 24.3 Å². The first-order valence-corrected chi connectivity index (χ1v) is 11.3. The number of hydrogen-bond acceptors (Lipinski definition) is 4. The number of nitrogens with zero attached hydrogens (tertiary/aromatic N) is 1. The van der Waals surface area contributed by atoms with Crippen LogP contribution < -0.4 is 0 Å². The van der Waals surface area contributed by atoms with Gasteiger partial charge in [-0.25, -0.2) is 0 Å². The summed E-state index contributed by atoms with van der Waals surface area (Å²) in [6.07, 6.45) is 5.14. The van der Waals surface area contributed by atoms with Crippen LogP contribution in [0, 0.1) is 27.9 Å². The van der Waals surface area contributed by atoms with Gasteiger partial charge in [-0.05, 0) is 35.8 Å². The van der Waals surface area contributed by atoms with E-state index in [4.69, 9.17) is 0 Å². The minimum Gasteiger partial charge on any atom is -0.374 e. The molecule has 3 aliphatic carbocycles. The van der Waals surface area contributed by atoms with Crippen LogP contribution in [0.15, 0.2) is 60.2 Å². The zero-order valence-corrected chi connectivity index (χ0v) is 17.7. The van der Waals surface area contributed by atoms with Gasteiger partial charge in [0.1, 0.15) is 0 Å². The largest absolute Gasteiger partial charge is 0.374 e. The summed E-state index contributed by atoms with van der Waals surface area (Å²) in [4.78, 5) is 25.8. The number of nitro groups is 1. The molecule has 31 heavy (non-hydrogen) atoms. The summed E-state index contributed by atoms with van der Waals surface area (Å²) in [5.41, 5.74) is 0.720. The van der Waals surface area contributed by atoms with Crippen LogP contribution in [0.3, 0.4) is 0 Å². The molecule has 0 aromatic heterocycles. The molecule has 1 N–H and O–H groups in total. The number of hydrogen-bond donors (Lipinski definition) is 1. The number of aliphatic hydroxyl groups is 1. The number of Topliss-reactive ketones (excluding diaryl/α,β-unsaturated/α-hetero) is 1. The van der Waals surface area contributed by atoms with Crippen molar-refractivity contribution in [2.75, 3.05) is 0 Å². The lowest BCUT2D eigenvalue weighted by molar-refractivity contribution is -0.559. The lowest BCUT2D eigenvalue weighted by Gasteiger charge is -2.46. The van der Waals surface area contributed by atoms with Crippen molar-refractivity contribution in [2.45, 2.75) is 50.7 Å². The zero-order valence-electron chi connectivity index (χ0n) is 17.7. The smallest absolute Gasteiger partial charge is 0.253 e. The third kappa shape index (κ3) is 2.83. The van der Waals surface area contributed by atoms with Gasteiger partial charge >= 0.3 is 0 Å². The van der Waals surface area contributed by atoms with Crippen molar-refractivity contribution < 1.29 is 14.8 Å². The summed E-state index contributed by atoms with van der Waals surface area (Å²) in [6, 6.07) is 15.3. The maximum atomic E-state index is 13.6. The van der Waals surface area contributed by atoms with Crippen LogP contribution in [0.1, 0.15) is 60.5 Å². The van der Waals surface area contributed by atoms with Gasteiger partial charge in [0.25, 0.3) is 6.04 Å². The van der Waals surface area contributed by atoms with Crippen molar-refractivity contribution in [3.8, 4) is 0 Å². The Hall–Kier alpha value is -2.79. The van der Waals surface area contributed by atoms with Gasteiger partial charge in [-0.15, -0.1) is 0 Å². The van der Waals surface area contributed by atoms with Gasteiger partial charge in [0, 0.05) is 27.5 Å². The third-order valence-corrected chi connectivity index (χ3v) is 7.79. The van der Waals surface area contributed by atoms with Gasteiger partial charge in [0.2, 0.25) is 0 Å². The first-order valence-electron chi connectivity index (χ1n) is 11.3. The number of rotatable bonds is 3. The fourth-order valence-electron chi connectivity index (χ4n) is 6.57. The maximum absolute atomic E-state index is 13.6. The molecule has 0 heterocycles. The Bertz CT molecular complexity index is 1070. The van der Waals surface area contributed by atoms with E-state index >= 15 is 0 Å². The molecule has 5 rings (SSSR count). The standard InChI is InChI=1S/C26H27NO4/c1-16-21(17-10-4-2-5-11-17)23-24(28)19-14-8-9-15-20(19)26(23,29)25(27(30)31)22(16)18-12-6-3-7-13-18/h2,4-5,8-11,14-16,18,22,25,29H,3,6-7,12-13H2,1H3/t16-,22-,25-,26+/m1/s1. The molecule has 2 aromatic rings. The van der Waals surface area contributed by atoms with Crippen LogP contribution in [0.2, 0.25) is 0 Å². The van der Waals surface area contributed by atoms with Gasteiger partial charge in [0.15, 0.2) is 11.4 Å². The van der Waals surface area contributed by atoms with E-state index in [2.05, 4.69) is 0 Å².